The van der Waals surface area contributed by atoms with Gasteiger partial charge in [0.15, 0.2) is 0 Å². The first-order chi connectivity index (χ1) is 8.15. The van der Waals surface area contributed by atoms with E-state index >= 15 is 0 Å². The Bertz CT molecular complexity index is 348. The van der Waals surface area contributed by atoms with Gasteiger partial charge in [0.1, 0.15) is 0 Å². The Balaban J connectivity index is 2.52. The maximum Gasteiger partial charge on any atom is 0.322 e. The van der Waals surface area contributed by atoms with Gasteiger partial charge >= 0.3 is 6.01 Å². The van der Waals surface area contributed by atoms with Gasteiger partial charge < -0.3 is 10.1 Å². The average Bonchev–Trinajstić information content (AvgIpc) is 2.28. The number of hydrogen-bond donors (Lipinski definition) is 1. The van der Waals surface area contributed by atoms with Crippen molar-refractivity contribution in [1.82, 2.24) is 15.0 Å². The molecular weight excluding hydrogens is 240 g/mol. The monoisotopic (exact) mass is 258 g/mol. The molecule has 0 radical (unpaired) electrons. The Morgan fingerprint density at radius 3 is 2.71 bits per heavy atom. The molecule has 1 heterocycles. The van der Waals surface area contributed by atoms with E-state index in [-0.39, 0.29) is 11.3 Å². The fourth-order valence-electron chi connectivity index (χ4n) is 1.48. The number of hydrogen-bond acceptors (Lipinski definition) is 5. The third-order valence-electron chi connectivity index (χ3n) is 2.39. The highest BCUT2D eigenvalue weighted by molar-refractivity contribution is 6.28. The third kappa shape index (κ3) is 5.17. The maximum atomic E-state index is 5.76. The molecular formula is C11H19ClN4O. The highest BCUT2D eigenvalue weighted by Gasteiger charge is 2.08. The Hall–Kier alpha value is -1.10. The van der Waals surface area contributed by atoms with E-state index in [0.29, 0.717) is 12.0 Å². The topological polar surface area (TPSA) is 59.9 Å². The number of rotatable bonds is 7. The quantitative estimate of drug-likeness (QED) is 0.762. The van der Waals surface area contributed by atoms with E-state index < -0.39 is 0 Å². The minimum atomic E-state index is 0.139. The second-order valence-electron chi connectivity index (χ2n) is 3.96. The van der Waals surface area contributed by atoms with Gasteiger partial charge in [-0.3, -0.25) is 0 Å². The molecule has 5 nitrogen and oxygen atoms in total. The molecule has 17 heavy (non-hydrogen) atoms. The van der Waals surface area contributed by atoms with Crippen molar-refractivity contribution in [2.24, 2.45) is 0 Å². The van der Waals surface area contributed by atoms with Crippen LogP contribution in [-0.2, 0) is 0 Å². The molecule has 0 aliphatic heterocycles. The van der Waals surface area contributed by atoms with Crippen molar-refractivity contribution in [3.8, 4) is 6.01 Å². The highest BCUT2D eigenvalue weighted by atomic mass is 35.5. The summed E-state index contributed by atoms with van der Waals surface area (Å²) in [6, 6.07) is 0.540. The summed E-state index contributed by atoms with van der Waals surface area (Å²) in [7, 11) is 1.50. The zero-order valence-corrected chi connectivity index (χ0v) is 11.3. The molecule has 0 saturated carbocycles. The Morgan fingerprint density at radius 1 is 1.29 bits per heavy atom. The highest BCUT2D eigenvalue weighted by Crippen LogP contribution is 2.13. The van der Waals surface area contributed by atoms with Crippen LogP contribution in [0.3, 0.4) is 0 Å². The Labute approximate surface area is 107 Å². The molecule has 1 rings (SSSR count). The number of methoxy groups -OCH3 is 1. The molecule has 0 fully saturated rings. The van der Waals surface area contributed by atoms with Gasteiger partial charge in [-0.15, -0.1) is 0 Å². The van der Waals surface area contributed by atoms with Crippen molar-refractivity contribution < 1.29 is 4.74 Å². The van der Waals surface area contributed by atoms with Gasteiger partial charge in [0.05, 0.1) is 7.11 Å². The van der Waals surface area contributed by atoms with Crippen molar-refractivity contribution in [1.29, 1.82) is 0 Å². The molecule has 0 spiro atoms. The van der Waals surface area contributed by atoms with Gasteiger partial charge in [0.2, 0.25) is 11.2 Å². The van der Waals surface area contributed by atoms with E-state index in [1.165, 1.54) is 26.4 Å². The first-order valence-electron chi connectivity index (χ1n) is 5.87. The van der Waals surface area contributed by atoms with Crippen molar-refractivity contribution in [3.05, 3.63) is 5.28 Å². The molecule has 0 saturated heterocycles. The second kappa shape index (κ2) is 7.27. The van der Waals surface area contributed by atoms with Crippen molar-refractivity contribution in [2.75, 3.05) is 12.4 Å². The van der Waals surface area contributed by atoms with Crippen LogP contribution in [0.15, 0.2) is 0 Å². The Morgan fingerprint density at radius 2 is 2.06 bits per heavy atom. The number of nitrogens with zero attached hydrogens (tertiary/aromatic N) is 3. The lowest BCUT2D eigenvalue weighted by Gasteiger charge is -2.13. The van der Waals surface area contributed by atoms with E-state index in [1.54, 1.807) is 0 Å². The number of halogens is 1. The van der Waals surface area contributed by atoms with Crippen molar-refractivity contribution >= 4 is 17.5 Å². The molecule has 1 N–H and O–H groups in total. The number of anilines is 1. The predicted molar refractivity (Wildman–Crippen MR) is 68.6 cm³/mol. The van der Waals surface area contributed by atoms with Gasteiger partial charge in [-0.2, -0.15) is 15.0 Å². The van der Waals surface area contributed by atoms with Gasteiger partial charge in [-0.1, -0.05) is 26.2 Å². The van der Waals surface area contributed by atoms with Crippen LogP contribution >= 0.6 is 11.6 Å². The van der Waals surface area contributed by atoms with Crippen LogP contribution in [0.5, 0.6) is 6.01 Å². The van der Waals surface area contributed by atoms with Crippen LogP contribution in [0.2, 0.25) is 5.28 Å². The third-order valence-corrected chi connectivity index (χ3v) is 2.56. The van der Waals surface area contributed by atoms with Crippen molar-refractivity contribution in [3.63, 3.8) is 0 Å². The summed E-state index contributed by atoms with van der Waals surface area (Å²) in [6.45, 7) is 4.29. The lowest BCUT2D eigenvalue weighted by atomic mass is 10.1. The van der Waals surface area contributed by atoms with Crippen LogP contribution in [0.1, 0.15) is 39.5 Å². The molecule has 96 valence electrons. The summed E-state index contributed by atoms with van der Waals surface area (Å²) in [5.74, 6) is 0.464. The zero-order chi connectivity index (χ0) is 12.7. The minimum Gasteiger partial charge on any atom is -0.467 e. The number of nitrogens with one attached hydrogen (secondary N) is 1. The van der Waals surface area contributed by atoms with E-state index in [2.05, 4.69) is 34.1 Å². The molecule has 0 amide bonds. The largest absolute Gasteiger partial charge is 0.467 e. The molecule has 0 bridgehead atoms. The standard InChI is InChI=1S/C11H19ClN4O/c1-4-5-6-7-8(2)13-10-14-9(12)15-11(16-10)17-3/h8H,4-7H2,1-3H3,(H,13,14,15,16). The molecule has 0 aliphatic rings. The molecule has 0 aliphatic carbocycles. The summed E-state index contributed by atoms with van der Waals surface area (Å²) in [5, 5.41) is 3.33. The molecule has 0 aromatic carbocycles. The van der Waals surface area contributed by atoms with Crippen LogP contribution in [0.25, 0.3) is 0 Å². The summed E-state index contributed by atoms with van der Waals surface area (Å²) in [6.07, 6.45) is 4.74. The summed E-state index contributed by atoms with van der Waals surface area (Å²) in [5.41, 5.74) is 0. The minimum absolute atomic E-state index is 0.139. The van der Waals surface area contributed by atoms with Crippen LogP contribution in [0, 0.1) is 0 Å². The van der Waals surface area contributed by atoms with E-state index in [1.807, 2.05) is 0 Å². The number of ether oxygens (including phenoxy) is 1. The zero-order valence-electron chi connectivity index (χ0n) is 10.5. The average molecular weight is 259 g/mol. The molecule has 1 aromatic rings. The number of unbranched alkanes of at least 4 members (excludes halogenated alkanes) is 2. The number of aromatic nitrogens is 3. The predicted octanol–water partition coefficient (Wildman–Crippen LogP) is 2.91. The van der Waals surface area contributed by atoms with Gasteiger partial charge in [-0.05, 0) is 24.9 Å². The molecule has 1 atom stereocenters. The molecule has 1 unspecified atom stereocenters. The van der Waals surface area contributed by atoms with E-state index in [9.17, 15) is 0 Å². The Kier molecular flexibility index (Phi) is 5.97. The van der Waals surface area contributed by atoms with Crippen molar-refractivity contribution in [2.45, 2.75) is 45.6 Å². The fraction of sp³-hybridized carbons (Fsp3) is 0.727. The van der Waals surface area contributed by atoms with Crippen LogP contribution < -0.4 is 10.1 Å². The second-order valence-corrected chi connectivity index (χ2v) is 4.29. The van der Waals surface area contributed by atoms with E-state index in [0.717, 1.165) is 6.42 Å². The maximum absolute atomic E-state index is 5.76. The molecule has 1 aromatic heterocycles. The van der Waals surface area contributed by atoms with Gasteiger partial charge in [-0.25, -0.2) is 0 Å². The normalized spacial score (nSPS) is 12.2. The lowest BCUT2D eigenvalue weighted by Crippen LogP contribution is -2.17. The van der Waals surface area contributed by atoms with Crippen LogP contribution in [0.4, 0.5) is 5.95 Å². The van der Waals surface area contributed by atoms with Gasteiger partial charge in [0, 0.05) is 6.04 Å². The van der Waals surface area contributed by atoms with Crippen LogP contribution in [-0.4, -0.2) is 28.1 Å². The summed E-state index contributed by atoms with van der Waals surface area (Å²) < 4.78 is 4.93. The first-order valence-corrected chi connectivity index (χ1v) is 6.25. The SMILES string of the molecule is CCCCCC(C)Nc1nc(Cl)nc(OC)n1. The van der Waals surface area contributed by atoms with E-state index in [4.69, 9.17) is 16.3 Å². The first kappa shape index (κ1) is 14.0. The summed E-state index contributed by atoms with van der Waals surface area (Å²) >= 11 is 5.76. The lowest BCUT2D eigenvalue weighted by molar-refractivity contribution is 0.378. The smallest absolute Gasteiger partial charge is 0.322 e. The summed E-state index contributed by atoms with van der Waals surface area (Å²) in [4.78, 5) is 11.9. The molecule has 6 heteroatoms. The van der Waals surface area contributed by atoms with Gasteiger partial charge in [0.25, 0.3) is 0 Å². The fourth-order valence-corrected chi connectivity index (χ4v) is 1.63.